The van der Waals surface area contributed by atoms with Gasteiger partial charge in [0.1, 0.15) is 5.94 Å². The Kier molecular flexibility index (Phi) is 6.40. The first-order chi connectivity index (χ1) is 14.3. The molecule has 0 spiro atoms. The molecule has 3 saturated carbocycles. The Morgan fingerprint density at radius 3 is 2.70 bits per heavy atom. The predicted octanol–water partition coefficient (Wildman–Crippen LogP) is 6.76. The Balaban J connectivity index is 1.44. The van der Waals surface area contributed by atoms with Crippen LogP contribution in [0.25, 0.3) is 0 Å². The van der Waals surface area contributed by atoms with Gasteiger partial charge in [-0.05, 0) is 104 Å². The number of hydrogen-bond donors (Lipinski definition) is 1. The van der Waals surface area contributed by atoms with Crippen molar-refractivity contribution in [3.63, 3.8) is 0 Å². The van der Waals surface area contributed by atoms with Crippen LogP contribution in [-0.4, -0.2) is 17.2 Å². The van der Waals surface area contributed by atoms with E-state index in [4.69, 9.17) is 0 Å². The first kappa shape index (κ1) is 22.3. The molecule has 0 bridgehead atoms. The maximum Gasteiger partial charge on any atom is 0.120 e. The minimum atomic E-state index is -0.101. The summed E-state index contributed by atoms with van der Waals surface area (Å²) in [6.07, 6.45) is 17.8. The first-order valence-electron chi connectivity index (χ1n) is 12.9. The first-order valence-corrected chi connectivity index (χ1v) is 12.9. The quantitative estimate of drug-likeness (QED) is 0.387. The number of aliphatic hydroxyl groups is 1. The fourth-order valence-electron chi connectivity index (χ4n) is 8.78. The van der Waals surface area contributed by atoms with Crippen molar-refractivity contribution in [2.45, 2.75) is 104 Å². The molecule has 0 aromatic rings. The topological polar surface area (TPSA) is 37.3 Å². The van der Waals surface area contributed by atoms with Gasteiger partial charge in [-0.3, -0.25) is 0 Å². The smallest absolute Gasteiger partial charge is 0.120 e. The molecule has 4 aliphatic rings. The summed E-state index contributed by atoms with van der Waals surface area (Å²) < 4.78 is 0. The summed E-state index contributed by atoms with van der Waals surface area (Å²) in [6, 6.07) is 0. The highest BCUT2D eigenvalue weighted by Gasteiger charge is 2.59. The van der Waals surface area contributed by atoms with Gasteiger partial charge in [0.2, 0.25) is 0 Å². The lowest BCUT2D eigenvalue weighted by atomic mass is 9.47. The molecule has 1 N–H and O–H groups in total. The molecule has 0 aromatic heterocycles. The Labute approximate surface area is 184 Å². The van der Waals surface area contributed by atoms with E-state index in [1.54, 1.807) is 11.6 Å². The highest BCUT2D eigenvalue weighted by atomic mass is 16.3. The van der Waals surface area contributed by atoms with E-state index >= 15 is 0 Å². The Bertz CT molecular complexity index is 703. The lowest BCUT2D eigenvalue weighted by Gasteiger charge is -2.58. The van der Waals surface area contributed by atoms with E-state index in [0.29, 0.717) is 16.7 Å². The summed E-state index contributed by atoms with van der Waals surface area (Å²) >= 11 is 0. The van der Waals surface area contributed by atoms with Crippen molar-refractivity contribution in [1.29, 1.82) is 0 Å². The van der Waals surface area contributed by atoms with Gasteiger partial charge in [0.15, 0.2) is 0 Å². The van der Waals surface area contributed by atoms with Crippen molar-refractivity contribution in [2.75, 3.05) is 0 Å². The minimum absolute atomic E-state index is 0.101. The summed E-state index contributed by atoms with van der Waals surface area (Å²) in [4.78, 5) is 10.6. The van der Waals surface area contributed by atoms with Crippen LogP contribution in [0.5, 0.6) is 0 Å². The summed E-state index contributed by atoms with van der Waals surface area (Å²) in [5.74, 6) is 6.59. The number of carbonyl (C=O) groups excluding carboxylic acids is 1. The molecule has 4 rings (SSSR count). The average molecular weight is 413 g/mol. The minimum Gasteiger partial charge on any atom is -0.393 e. The van der Waals surface area contributed by atoms with Crippen LogP contribution in [0.1, 0.15) is 98.3 Å². The van der Waals surface area contributed by atoms with E-state index in [1.165, 1.54) is 51.4 Å². The van der Waals surface area contributed by atoms with E-state index < -0.39 is 0 Å². The zero-order chi connectivity index (χ0) is 21.5. The Hall–Kier alpha value is -0.850. The third-order valence-electron chi connectivity index (χ3n) is 10.5. The standard InChI is InChI=1S/C28H44O2/c1-19(14-17-29)6-5-7-20(2)24-10-11-25-23-9-8-21-18-22(30)12-15-27(21,3)26(23)13-16-28(24,25)4/h8,14,19-20,22-26,30H,5-7,9-13,15-16,18H2,1-4H3/t19?,20-,22+,23+,24-,25+,26+,27+,28-/m1/s1. The second-order valence-electron chi connectivity index (χ2n) is 12.1. The third kappa shape index (κ3) is 3.77. The van der Waals surface area contributed by atoms with Crippen LogP contribution in [0.3, 0.4) is 0 Å². The van der Waals surface area contributed by atoms with E-state index in [1.807, 2.05) is 5.94 Å². The number of fused-ring (bicyclic) bond motifs is 5. The van der Waals surface area contributed by atoms with Gasteiger partial charge in [-0.2, -0.15) is 0 Å². The maximum absolute atomic E-state index is 10.6. The molecule has 0 radical (unpaired) electrons. The van der Waals surface area contributed by atoms with Gasteiger partial charge >= 0.3 is 0 Å². The molecular weight excluding hydrogens is 368 g/mol. The van der Waals surface area contributed by atoms with Crippen LogP contribution in [0.15, 0.2) is 17.7 Å². The monoisotopic (exact) mass is 412 g/mol. The van der Waals surface area contributed by atoms with Crippen molar-refractivity contribution in [3.8, 4) is 0 Å². The molecule has 0 saturated heterocycles. The number of aliphatic hydroxyl groups excluding tert-OH is 1. The largest absolute Gasteiger partial charge is 0.393 e. The highest BCUT2D eigenvalue weighted by Crippen LogP contribution is 2.67. The Morgan fingerprint density at radius 2 is 1.93 bits per heavy atom. The fraction of sp³-hybridized carbons (Fsp3) is 0.857. The lowest BCUT2D eigenvalue weighted by Crippen LogP contribution is -2.50. The van der Waals surface area contributed by atoms with E-state index in [0.717, 1.165) is 48.9 Å². The molecule has 2 nitrogen and oxygen atoms in total. The zero-order valence-corrected chi connectivity index (χ0v) is 19.8. The summed E-state index contributed by atoms with van der Waals surface area (Å²) in [7, 11) is 0. The number of rotatable bonds is 6. The summed E-state index contributed by atoms with van der Waals surface area (Å²) in [6.45, 7) is 9.83. The van der Waals surface area contributed by atoms with Gasteiger partial charge in [0.05, 0.1) is 6.10 Å². The van der Waals surface area contributed by atoms with Crippen molar-refractivity contribution in [2.24, 2.45) is 46.3 Å². The lowest BCUT2D eigenvalue weighted by molar-refractivity contribution is -0.0572. The van der Waals surface area contributed by atoms with Gasteiger partial charge in [-0.25, -0.2) is 4.79 Å². The van der Waals surface area contributed by atoms with Crippen molar-refractivity contribution in [3.05, 3.63) is 17.7 Å². The molecule has 9 atom stereocenters. The van der Waals surface area contributed by atoms with Gasteiger partial charge in [0.25, 0.3) is 0 Å². The van der Waals surface area contributed by atoms with Crippen LogP contribution in [0.2, 0.25) is 0 Å². The van der Waals surface area contributed by atoms with Gasteiger partial charge in [0, 0.05) is 6.08 Å². The highest BCUT2D eigenvalue weighted by molar-refractivity contribution is 5.45. The van der Waals surface area contributed by atoms with Crippen molar-refractivity contribution in [1.82, 2.24) is 0 Å². The molecule has 0 aromatic carbocycles. The second kappa shape index (κ2) is 8.59. The van der Waals surface area contributed by atoms with E-state index in [-0.39, 0.29) is 6.10 Å². The van der Waals surface area contributed by atoms with E-state index in [9.17, 15) is 9.90 Å². The molecular formula is C28H44O2. The zero-order valence-electron chi connectivity index (χ0n) is 19.8. The van der Waals surface area contributed by atoms with Crippen molar-refractivity contribution < 1.29 is 9.90 Å². The molecule has 2 heteroatoms. The molecule has 0 aliphatic heterocycles. The third-order valence-corrected chi connectivity index (χ3v) is 10.5. The fourth-order valence-corrected chi connectivity index (χ4v) is 8.78. The number of allylic oxidation sites excluding steroid dienone is 2. The molecule has 4 aliphatic carbocycles. The molecule has 0 heterocycles. The van der Waals surface area contributed by atoms with Crippen LogP contribution >= 0.6 is 0 Å². The van der Waals surface area contributed by atoms with Gasteiger partial charge in [-0.15, -0.1) is 0 Å². The van der Waals surface area contributed by atoms with Crippen molar-refractivity contribution >= 4 is 5.94 Å². The number of hydrogen-bond acceptors (Lipinski definition) is 2. The Morgan fingerprint density at radius 1 is 1.13 bits per heavy atom. The van der Waals surface area contributed by atoms with Crippen LogP contribution in [-0.2, 0) is 4.79 Å². The SMILES string of the molecule is CC(C=C=O)CCC[C@@H](C)[C@H]1CC[C@H]2[C@@H]3CC=C4C[C@@H](O)CC[C@]4(C)[C@H]3CC[C@]12C. The van der Waals surface area contributed by atoms with Gasteiger partial charge in [-0.1, -0.05) is 52.2 Å². The maximum atomic E-state index is 10.6. The average Bonchev–Trinajstić information content (AvgIpc) is 3.06. The molecule has 30 heavy (non-hydrogen) atoms. The predicted molar refractivity (Wildman–Crippen MR) is 124 cm³/mol. The molecule has 1 unspecified atom stereocenters. The van der Waals surface area contributed by atoms with Crippen LogP contribution in [0.4, 0.5) is 0 Å². The second-order valence-corrected chi connectivity index (χ2v) is 12.1. The van der Waals surface area contributed by atoms with Crippen LogP contribution < -0.4 is 0 Å². The molecule has 168 valence electrons. The van der Waals surface area contributed by atoms with Gasteiger partial charge < -0.3 is 5.11 Å². The molecule has 3 fully saturated rings. The molecule has 0 amide bonds. The van der Waals surface area contributed by atoms with E-state index in [2.05, 4.69) is 33.8 Å². The van der Waals surface area contributed by atoms with Crippen LogP contribution in [0, 0.1) is 46.3 Å². The normalized spacial score (nSPS) is 44.7. The summed E-state index contributed by atoms with van der Waals surface area (Å²) in [5, 5.41) is 10.2. The summed E-state index contributed by atoms with van der Waals surface area (Å²) in [5.41, 5.74) is 2.47.